The van der Waals surface area contributed by atoms with E-state index >= 15 is 0 Å². The first kappa shape index (κ1) is 12.5. The SMILES string of the molecule is Cc1cc(Br)cc2[nH]c(-c3nccc4ccccc34)nc12. The molecule has 2 aromatic carbocycles. The second-order valence-electron chi connectivity index (χ2n) is 5.08. The smallest absolute Gasteiger partial charge is 0.157 e. The number of halogens is 1. The third-order valence-electron chi connectivity index (χ3n) is 3.64. The maximum atomic E-state index is 4.73. The molecule has 0 saturated carbocycles. The number of rotatable bonds is 1. The molecule has 2 aromatic heterocycles. The van der Waals surface area contributed by atoms with Crippen molar-refractivity contribution < 1.29 is 0 Å². The molecule has 0 radical (unpaired) electrons. The van der Waals surface area contributed by atoms with E-state index in [1.807, 2.05) is 30.5 Å². The summed E-state index contributed by atoms with van der Waals surface area (Å²) in [4.78, 5) is 12.6. The topological polar surface area (TPSA) is 41.6 Å². The van der Waals surface area contributed by atoms with Crippen molar-refractivity contribution in [2.45, 2.75) is 6.92 Å². The van der Waals surface area contributed by atoms with Gasteiger partial charge in [0.2, 0.25) is 0 Å². The lowest BCUT2D eigenvalue weighted by Crippen LogP contribution is -1.87. The van der Waals surface area contributed by atoms with Gasteiger partial charge in [-0.1, -0.05) is 40.2 Å². The Bertz CT molecular complexity index is 967. The van der Waals surface area contributed by atoms with Gasteiger partial charge in [-0.25, -0.2) is 4.98 Å². The number of aromatic nitrogens is 3. The van der Waals surface area contributed by atoms with Crippen LogP contribution in [-0.4, -0.2) is 15.0 Å². The molecule has 3 nitrogen and oxygen atoms in total. The summed E-state index contributed by atoms with van der Waals surface area (Å²) < 4.78 is 1.05. The number of H-pyrrole nitrogens is 1. The van der Waals surface area contributed by atoms with Crippen LogP contribution in [0.2, 0.25) is 0 Å². The van der Waals surface area contributed by atoms with Crippen LogP contribution in [0.4, 0.5) is 0 Å². The maximum absolute atomic E-state index is 4.73. The number of pyridine rings is 1. The van der Waals surface area contributed by atoms with Crippen LogP contribution in [0.3, 0.4) is 0 Å². The van der Waals surface area contributed by atoms with Gasteiger partial charge in [-0.2, -0.15) is 0 Å². The lowest BCUT2D eigenvalue weighted by molar-refractivity contribution is 1.25. The summed E-state index contributed by atoms with van der Waals surface area (Å²) in [7, 11) is 0. The van der Waals surface area contributed by atoms with Crippen molar-refractivity contribution in [2.24, 2.45) is 0 Å². The molecule has 1 N–H and O–H groups in total. The highest BCUT2D eigenvalue weighted by molar-refractivity contribution is 9.10. The molecule has 21 heavy (non-hydrogen) atoms. The van der Waals surface area contributed by atoms with Crippen molar-refractivity contribution in [2.75, 3.05) is 0 Å². The predicted molar refractivity (Wildman–Crippen MR) is 89.3 cm³/mol. The fourth-order valence-corrected chi connectivity index (χ4v) is 3.24. The van der Waals surface area contributed by atoms with Crippen molar-refractivity contribution in [3.63, 3.8) is 0 Å². The van der Waals surface area contributed by atoms with Gasteiger partial charge in [0.05, 0.1) is 11.0 Å². The number of benzene rings is 2. The third kappa shape index (κ3) is 2.03. The second-order valence-corrected chi connectivity index (χ2v) is 6.00. The van der Waals surface area contributed by atoms with E-state index in [0.29, 0.717) is 0 Å². The Kier molecular flexibility index (Phi) is 2.79. The van der Waals surface area contributed by atoms with Gasteiger partial charge in [-0.05, 0) is 36.1 Å². The molecule has 4 heteroatoms. The van der Waals surface area contributed by atoms with Gasteiger partial charge < -0.3 is 4.98 Å². The van der Waals surface area contributed by atoms with E-state index in [9.17, 15) is 0 Å². The highest BCUT2D eigenvalue weighted by Crippen LogP contribution is 2.28. The van der Waals surface area contributed by atoms with Crippen LogP contribution in [0.1, 0.15) is 5.56 Å². The summed E-state index contributed by atoms with van der Waals surface area (Å²) in [5.74, 6) is 0.808. The van der Waals surface area contributed by atoms with Crippen LogP contribution in [0, 0.1) is 6.92 Å². The lowest BCUT2D eigenvalue weighted by Gasteiger charge is -2.01. The van der Waals surface area contributed by atoms with Gasteiger partial charge in [0.15, 0.2) is 5.82 Å². The van der Waals surface area contributed by atoms with Crippen LogP contribution in [0.15, 0.2) is 53.1 Å². The quantitative estimate of drug-likeness (QED) is 0.539. The van der Waals surface area contributed by atoms with Gasteiger partial charge in [0.25, 0.3) is 0 Å². The first-order valence-corrected chi connectivity index (χ1v) is 7.52. The van der Waals surface area contributed by atoms with Gasteiger partial charge in [0, 0.05) is 16.1 Å². The van der Waals surface area contributed by atoms with Crippen molar-refractivity contribution in [3.05, 3.63) is 58.7 Å². The highest BCUT2D eigenvalue weighted by Gasteiger charge is 2.11. The summed E-state index contributed by atoms with van der Waals surface area (Å²) in [5.41, 5.74) is 4.04. The van der Waals surface area contributed by atoms with Crippen LogP contribution in [0.5, 0.6) is 0 Å². The number of hydrogen-bond donors (Lipinski definition) is 1. The van der Waals surface area contributed by atoms with Crippen LogP contribution in [-0.2, 0) is 0 Å². The van der Waals surface area contributed by atoms with E-state index in [-0.39, 0.29) is 0 Å². The number of aromatic amines is 1. The summed E-state index contributed by atoms with van der Waals surface area (Å²) in [5, 5.41) is 2.27. The zero-order valence-electron chi connectivity index (χ0n) is 11.4. The minimum Gasteiger partial charge on any atom is -0.337 e. The average Bonchev–Trinajstić information content (AvgIpc) is 2.90. The van der Waals surface area contributed by atoms with Crippen molar-refractivity contribution in [3.8, 4) is 11.5 Å². The number of fused-ring (bicyclic) bond motifs is 2. The third-order valence-corrected chi connectivity index (χ3v) is 4.10. The monoisotopic (exact) mass is 337 g/mol. The van der Waals surface area contributed by atoms with Crippen LogP contribution >= 0.6 is 15.9 Å². The lowest BCUT2D eigenvalue weighted by atomic mass is 10.1. The maximum Gasteiger partial charge on any atom is 0.157 e. The molecular weight excluding hydrogens is 326 g/mol. The molecule has 0 fully saturated rings. The fraction of sp³-hybridized carbons (Fsp3) is 0.0588. The molecular formula is C17H12BrN3. The summed E-state index contributed by atoms with van der Waals surface area (Å²) >= 11 is 3.53. The average molecular weight is 338 g/mol. The Morgan fingerprint density at radius 1 is 1.10 bits per heavy atom. The summed E-state index contributed by atoms with van der Waals surface area (Å²) in [6.07, 6.45) is 1.83. The molecule has 4 aromatic rings. The molecule has 0 saturated heterocycles. The van der Waals surface area contributed by atoms with E-state index in [1.165, 1.54) is 5.39 Å². The Balaban J connectivity index is 2.03. The second kappa shape index (κ2) is 4.67. The van der Waals surface area contributed by atoms with Gasteiger partial charge in [0.1, 0.15) is 5.69 Å². The molecule has 0 aliphatic rings. The molecule has 0 unspecified atom stereocenters. The molecule has 0 bridgehead atoms. The zero-order valence-corrected chi connectivity index (χ0v) is 13.0. The Morgan fingerprint density at radius 3 is 2.86 bits per heavy atom. The number of nitrogens with zero attached hydrogens (tertiary/aromatic N) is 2. The van der Waals surface area contributed by atoms with Gasteiger partial charge >= 0.3 is 0 Å². The highest BCUT2D eigenvalue weighted by atomic mass is 79.9. The standard InChI is InChI=1S/C17H12BrN3/c1-10-8-12(18)9-14-15(10)21-17(20-14)16-13-5-3-2-4-11(13)6-7-19-16/h2-9H,1H3,(H,20,21). The molecule has 4 rings (SSSR count). The molecule has 102 valence electrons. The predicted octanol–water partition coefficient (Wildman–Crippen LogP) is 4.85. The largest absolute Gasteiger partial charge is 0.337 e. The minimum absolute atomic E-state index is 0.808. The molecule has 0 amide bonds. The van der Waals surface area contributed by atoms with Crippen LogP contribution in [0.25, 0.3) is 33.3 Å². The Labute approximate surface area is 130 Å². The normalized spacial score (nSPS) is 11.3. The van der Waals surface area contributed by atoms with Crippen molar-refractivity contribution >= 4 is 37.7 Å². The van der Waals surface area contributed by atoms with Gasteiger partial charge in [-0.15, -0.1) is 0 Å². The first-order chi connectivity index (χ1) is 10.2. The zero-order chi connectivity index (χ0) is 14.4. The van der Waals surface area contributed by atoms with Gasteiger partial charge in [-0.3, -0.25) is 4.98 Å². The molecule has 2 heterocycles. The van der Waals surface area contributed by atoms with Crippen LogP contribution < -0.4 is 0 Å². The summed E-state index contributed by atoms with van der Waals surface area (Å²) in [6, 6.07) is 14.4. The Morgan fingerprint density at radius 2 is 1.95 bits per heavy atom. The van der Waals surface area contributed by atoms with E-state index in [1.54, 1.807) is 0 Å². The fourth-order valence-electron chi connectivity index (χ4n) is 2.67. The number of imidazole rings is 1. The number of aryl methyl sites for hydroxylation is 1. The number of hydrogen-bond acceptors (Lipinski definition) is 2. The van der Waals surface area contributed by atoms with Crippen molar-refractivity contribution in [1.82, 2.24) is 15.0 Å². The molecule has 0 aliphatic heterocycles. The Hall–Kier alpha value is -2.20. The van der Waals surface area contributed by atoms with E-state index in [2.05, 4.69) is 51.0 Å². The van der Waals surface area contributed by atoms with E-state index in [0.717, 1.165) is 38.0 Å². The number of nitrogens with one attached hydrogen (secondary N) is 1. The molecule has 0 spiro atoms. The minimum atomic E-state index is 0.808. The summed E-state index contributed by atoms with van der Waals surface area (Å²) in [6.45, 7) is 2.06. The van der Waals surface area contributed by atoms with Crippen molar-refractivity contribution in [1.29, 1.82) is 0 Å². The molecule has 0 aliphatic carbocycles. The van der Waals surface area contributed by atoms with E-state index in [4.69, 9.17) is 4.98 Å². The first-order valence-electron chi connectivity index (χ1n) is 6.72. The van der Waals surface area contributed by atoms with E-state index < -0.39 is 0 Å². The molecule has 0 atom stereocenters.